The molecule has 10 nitrogen and oxygen atoms in total. The Kier molecular flexibility index (Phi) is 9.53. The summed E-state index contributed by atoms with van der Waals surface area (Å²) in [5.74, 6) is -5.24. The van der Waals surface area contributed by atoms with Gasteiger partial charge in [-0.05, 0) is 48.6 Å². The number of hydrogen-bond donors (Lipinski definition) is 2. The minimum Gasteiger partial charge on any atom is -0.349 e. The molecule has 1 aromatic carbocycles. The van der Waals surface area contributed by atoms with Crippen LogP contribution in [-0.2, 0) is 29.7 Å². The maximum atomic E-state index is 13.2. The molecule has 3 aromatic rings. The summed E-state index contributed by atoms with van der Waals surface area (Å²) in [6, 6.07) is 4.13. The van der Waals surface area contributed by atoms with E-state index in [-0.39, 0.29) is 38.8 Å². The number of carbonyl (C=O) groups excluding carboxylic acids is 2. The van der Waals surface area contributed by atoms with E-state index in [2.05, 4.69) is 30.7 Å². The second-order valence-electron chi connectivity index (χ2n) is 8.43. The quantitative estimate of drug-likeness (QED) is 0.270. The van der Waals surface area contributed by atoms with Crippen molar-refractivity contribution in [1.82, 2.24) is 30.0 Å². The smallest absolute Gasteiger partial charge is 0.349 e. The third-order valence-electron chi connectivity index (χ3n) is 5.09. The number of nitrogens with one attached hydrogen (secondary N) is 2. The van der Waals surface area contributed by atoms with Crippen molar-refractivity contribution < 1.29 is 40.1 Å². The topological polar surface area (TPSA) is 132 Å². The third-order valence-corrected chi connectivity index (χ3v) is 6.96. The first-order chi connectivity index (χ1) is 18.5. The molecule has 2 heterocycles. The first-order valence-corrected chi connectivity index (χ1v) is 13.9. The molecular formula is C22H20F6IN7O3S. The molecule has 40 heavy (non-hydrogen) atoms. The van der Waals surface area contributed by atoms with E-state index in [1.54, 1.807) is 19.1 Å². The van der Waals surface area contributed by atoms with Gasteiger partial charge in [-0.25, -0.2) is 14.6 Å². The molecule has 0 bridgehead atoms. The van der Waals surface area contributed by atoms with Gasteiger partial charge < -0.3 is 10.6 Å². The van der Waals surface area contributed by atoms with Crippen molar-refractivity contribution in [2.24, 2.45) is 0 Å². The van der Waals surface area contributed by atoms with Gasteiger partial charge in [-0.2, -0.15) is 31.3 Å². The fraction of sp³-hybridized carbons (Fsp3) is 0.364. The van der Waals surface area contributed by atoms with E-state index in [9.17, 15) is 40.1 Å². The van der Waals surface area contributed by atoms with Crippen LogP contribution in [0.1, 0.15) is 50.8 Å². The Labute approximate surface area is 239 Å². The molecule has 0 aliphatic carbocycles. The molecule has 2 amide bonds. The van der Waals surface area contributed by atoms with Crippen LogP contribution in [0.3, 0.4) is 0 Å². The zero-order valence-corrected chi connectivity index (χ0v) is 23.8. The average molecular weight is 703 g/mol. The molecule has 2 aromatic heterocycles. The number of alkyl halides is 6. The second-order valence-corrected chi connectivity index (χ2v) is 11.1. The first-order valence-electron chi connectivity index (χ1n) is 11.1. The van der Waals surface area contributed by atoms with E-state index in [1.165, 1.54) is 19.2 Å². The molecule has 0 saturated carbocycles. The largest absolute Gasteiger partial charge is 0.453 e. The summed E-state index contributed by atoms with van der Waals surface area (Å²) in [6.45, 7) is 2.18. The van der Waals surface area contributed by atoms with Crippen LogP contribution in [-0.4, -0.2) is 58.8 Å². The molecule has 0 fully saturated rings. The minimum atomic E-state index is -5.22. The molecule has 0 aliphatic rings. The predicted molar refractivity (Wildman–Crippen MR) is 139 cm³/mol. The normalized spacial score (nSPS) is 13.6. The molecule has 1 unspecified atom stereocenters. The van der Waals surface area contributed by atoms with Crippen molar-refractivity contribution in [3.05, 3.63) is 62.3 Å². The Bertz CT molecular complexity index is 1460. The number of benzene rings is 1. The first kappa shape index (κ1) is 31.4. The van der Waals surface area contributed by atoms with Crippen LogP contribution in [0.5, 0.6) is 0 Å². The van der Waals surface area contributed by atoms with Crippen molar-refractivity contribution in [2.75, 3.05) is 17.3 Å². The van der Waals surface area contributed by atoms with Crippen molar-refractivity contribution in [1.29, 1.82) is 0 Å². The van der Waals surface area contributed by atoms with E-state index < -0.39 is 59.2 Å². The van der Waals surface area contributed by atoms with E-state index in [0.29, 0.717) is 3.57 Å². The Balaban J connectivity index is 1.84. The van der Waals surface area contributed by atoms with Gasteiger partial charge in [-0.15, -0.1) is 5.10 Å². The van der Waals surface area contributed by atoms with Gasteiger partial charge in [0, 0.05) is 32.4 Å². The summed E-state index contributed by atoms with van der Waals surface area (Å²) in [5, 5.41) is 8.13. The Morgan fingerprint density at radius 3 is 2.35 bits per heavy atom. The van der Waals surface area contributed by atoms with E-state index in [0.717, 1.165) is 6.20 Å². The van der Waals surface area contributed by atoms with Gasteiger partial charge >= 0.3 is 12.4 Å². The van der Waals surface area contributed by atoms with E-state index >= 15 is 0 Å². The fourth-order valence-electron chi connectivity index (χ4n) is 3.45. The van der Waals surface area contributed by atoms with Gasteiger partial charge in [-0.1, -0.05) is 6.07 Å². The summed E-state index contributed by atoms with van der Waals surface area (Å²) in [6.07, 6.45) is -7.86. The highest BCUT2D eigenvalue weighted by Gasteiger charge is 2.44. The van der Waals surface area contributed by atoms with E-state index in [1.807, 2.05) is 22.6 Å². The zero-order chi connectivity index (χ0) is 30.0. The van der Waals surface area contributed by atoms with Gasteiger partial charge in [0.05, 0.1) is 28.7 Å². The lowest BCUT2D eigenvalue weighted by Gasteiger charge is -2.16. The van der Waals surface area contributed by atoms with Crippen LogP contribution < -0.4 is 10.6 Å². The van der Waals surface area contributed by atoms with Gasteiger partial charge in [0.15, 0.2) is 0 Å². The van der Waals surface area contributed by atoms with Crippen molar-refractivity contribution >= 4 is 50.9 Å². The minimum absolute atomic E-state index is 0.00172. The Morgan fingerprint density at radius 2 is 1.77 bits per heavy atom. The molecule has 3 rings (SSSR count). The molecular weight excluding hydrogens is 683 g/mol. The highest BCUT2D eigenvalue weighted by Crippen LogP contribution is 2.32. The zero-order valence-electron chi connectivity index (χ0n) is 20.8. The average Bonchev–Trinajstić information content (AvgIpc) is 3.25. The number of hydrogen-bond acceptors (Lipinski definition) is 7. The van der Waals surface area contributed by atoms with Crippen molar-refractivity contribution in [2.45, 2.75) is 38.8 Å². The van der Waals surface area contributed by atoms with Crippen LogP contribution >= 0.6 is 22.6 Å². The number of carbonyl (C=O) groups is 2. The van der Waals surface area contributed by atoms with Crippen LogP contribution in [0.25, 0.3) is 0 Å². The number of halogens is 7. The number of nitrogens with zero attached hydrogens (tertiary/aromatic N) is 5. The molecule has 0 saturated heterocycles. The molecule has 2 atom stereocenters. The monoisotopic (exact) mass is 703 g/mol. The molecule has 0 spiro atoms. The van der Waals surface area contributed by atoms with E-state index in [4.69, 9.17) is 0 Å². The SMILES string of the molecule is Cc1nc(Cn2nc(C(F)(F)F)nc2C(F)(F)F)ncc1NC(=O)c1cccc(I)c1C(=O)N[C@@H](C)CS(C)=O. The summed E-state index contributed by atoms with van der Waals surface area (Å²) in [4.78, 5) is 36.4. The van der Waals surface area contributed by atoms with Crippen LogP contribution in [0, 0.1) is 10.5 Å². The third kappa shape index (κ3) is 7.73. The maximum absolute atomic E-state index is 13.2. The summed E-state index contributed by atoms with van der Waals surface area (Å²) in [5.41, 5.74) is 0.184. The summed E-state index contributed by atoms with van der Waals surface area (Å²) < 4.78 is 90.2. The standard InChI is InChI=1S/C22H20F6IN7O3S/c1-10(9-40(3)39)31-18(38)16-12(5-4-6-13(16)29)17(37)33-14-7-30-15(32-11(14)2)8-36-20(22(26,27)28)34-19(35-36)21(23,24)25/h4-7,10H,8-9H2,1-3H3,(H,31,38)(H,33,37)/t10-,40?/m0/s1. The molecule has 18 heteroatoms. The lowest BCUT2D eigenvalue weighted by atomic mass is 10.1. The lowest BCUT2D eigenvalue weighted by Crippen LogP contribution is -2.37. The highest BCUT2D eigenvalue weighted by molar-refractivity contribution is 14.1. The maximum Gasteiger partial charge on any atom is 0.453 e. The fourth-order valence-corrected chi connectivity index (χ4v) is 4.98. The van der Waals surface area contributed by atoms with Crippen molar-refractivity contribution in [3.63, 3.8) is 0 Å². The van der Waals surface area contributed by atoms with Gasteiger partial charge in [0.1, 0.15) is 12.4 Å². The number of rotatable bonds is 8. The van der Waals surface area contributed by atoms with Gasteiger partial charge in [-0.3, -0.25) is 13.8 Å². The van der Waals surface area contributed by atoms with Crippen LogP contribution in [0.2, 0.25) is 0 Å². The number of aryl methyl sites for hydroxylation is 1. The second kappa shape index (κ2) is 12.1. The number of amides is 2. The summed E-state index contributed by atoms with van der Waals surface area (Å²) >= 11 is 1.88. The highest BCUT2D eigenvalue weighted by atomic mass is 127. The Morgan fingerprint density at radius 1 is 1.10 bits per heavy atom. The number of anilines is 1. The number of aromatic nitrogens is 5. The van der Waals surface area contributed by atoms with Gasteiger partial charge in [0.2, 0.25) is 5.82 Å². The van der Waals surface area contributed by atoms with Crippen LogP contribution in [0.15, 0.2) is 24.4 Å². The molecule has 216 valence electrons. The molecule has 0 radical (unpaired) electrons. The molecule has 2 N–H and O–H groups in total. The lowest BCUT2D eigenvalue weighted by molar-refractivity contribution is -0.150. The van der Waals surface area contributed by atoms with Crippen molar-refractivity contribution in [3.8, 4) is 0 Å². The summed E-state index contributed by atoms with van der Waals surface area (Å²) in [7, 11) is -1.17. The van der Waals surface area contributed by atoms with Gasteiger partial charge in [0.25, 0.3) is 17.6 Å². The molecule has 0 aliphatic heterocycles. The Hall–Kier alpha value is -3.16. The predicted octanol–water partition coefficient (Wildman–Crippen LogP) is 3.82. The van der Waals surface area contributed by atoms with Crippen LogP contribution in [0.4, 0.5) is 32.0 Å².